The molecule has 0 aromatic heterocycles. The molecule has 4 nitrogen and oxygen atoms in total. The number of esters is 2. The fourth-order valence-electron chi connectivity index (χ4n) is 3.07. The minimum atomic E-state index is -1.16. The zero-order chi connectivity index (χ0) is 18.7. The van der Waals surface area contributed by atoms with Gasteiger partial charge in [-0.2, -0.15) is 0 Å². The maximum Gasteiger partial charge on any atom is 0.322 e. The summed E-state index contributed by atoms with van der Waals surface area (Å²) in [5.41, 5.74) is 0.213. The second kappa shape index (κ2) is 7.34. The molecule has 5 heteroatoms. The van der Waals surface area contributed by atoms with Gasteiger partial charge in [0, 0.05) is 10.6 Å². The molecule has 0 radical (unpaired) electrons. The van der Waals surface area contributed by atoms with Crippen LogP contribution in [0.5, 0.6) is 0 Å². The molecule has 0 fully saturated rings. The first kappa shape index (κ1) is 18.2. The van der Waals surface area contributed by atoms with Gasteiger partial charge in [0.05, 0.1) is 12.5 Å². The number of halogens is 1. The molecule has 0 N–H and O–H groups in total. The molecule has 2 atom stereocenters. The van der Waals surface area contributed by atoms with Crippen molar-refractivity contribution in [1.29, 1.82) is 0 Å². The van der Waals surface area contributed by atoms with Crippen LogP contribution in [0.4, 0.5) is 0 Å². The van der Waals surface area contributed by atoms with E-state index in [1.807, 2.05) is 30.3 Å². The Morgan fingerprint density at radius 3 is 2.42 bits per heavy atom. The molecule has 0 aliphatic carbocycles. The van der Waals surface area contributed by atoms with Crippen molar-refractivity contribution in [2.24, 2.45) is 5.92 Å². The van der Waals surface area contributed by atoms with E-state index in [2.05, 4.69) is 0 Å². The van der Waals surface area contributed by atoms with Crippen molar-refractivity contribution in [2.45, 2.75) is 19.3 Å². The number of benzene rings is 2. The molecule has 2 aromatic carbocycles. The summed E-state index contributed by atoms with van der Waals surface area (Å²) < 4.78 is 10.8. The molecule has 0 bridgehead atoms. The van der Waals surface area contributed by atoms with Crippen molar-refractivity contribution < 1.29 is 19.1 Å². The van der Waals surface area contributed by atoms with Crippen molar-refractivity contribution in [2.75, 3.05) is 6.61 Å². The molecule has 1 heterocycles. The number of hydrogen-bond donors (Lipinski definition) is 0. The van der Waals surface area contributed by atoms with E-state index in [1.54, 1.807) is 44.2 Å². The SMILES string of the molecule is CCOC(=O)[C@H]1C=C(c2ccc(Cl)cc2)OC(=O)[C@@]1(C)c1ccccc1. The number of cyclic esters (lactones) is 1. The van der Waals surface area contributed by atoms with Crippen LogP contribution in [-0.2, 0) is 24.5 Å². The molecule has 0 saturated heterocycles. The van der Waals surface area contributed by atoms with Crippen molar-refractivity contribution in [3.63, 3.8) is 0 Å². The zero-order valence-corrected chi connectivity index (χ0v) is 15.3. The summed E-state index contributed by atoms with van der Waals surface area (Å²) in [7, 11) is 0. The Morgan fingerprint density at radius 2 is 1.81 bits per heavy atom. The summed E-state index contributed by atoms with van der Waals surface area (Å²) >= 11 is 5.92. The van der Waals surface area contributed by atoms with Gasteiger partial charge in [-0.15, -0.1) is 0 Å². The minimum Gasteiger partial charge on any atom is -0.465 e. The van der Waals surface area contributed by atoms with Crippen molar-refractivity contribution in [1.82, 2.24) is 0 Å². The van der Waals surface area contributed by atoms with E-state index in [0.717, 1.165) is 0 Å². The Hall–Kier alpha value is -2.59. The van der Waals surface area contributed by atoms with Crippen molar-refractivity contribution >= 4 is 29.3 Å². The smallest absolute Gasteiger partial charge is 0.322 e. The third kappa shape index (κ3) is 3.25. The Bertz CT molecular complexity index is 842. The van der Waals surface area contributed by atoms with Gasteiger partial charge >= 0.3 is 11.9 Å². The summed E-state index contributed by atoms with van der Waals surface area (Å²) in [5.74, 6) is -1.41. The lowest BCUT2D eigenvalue weighted by Crippen LogP contribution is -2.47. The van der Waals surface area contributed by atoms with E-state index >= 15 is 0 Å². The molecular weight excluding hydrogens is 352 g/mol. The average molecular weight is 371 g/mol. The monoisotopic (exact) mass is 370 g/mol. The van der Waals surface area contributed by atoms with Crippen LogP contribution in [0.15, 0.2) is 60.7 Å². The largest absolute Gasteiger partial charge is 0.465 e. The van der Waals surface area contributed by atoms with Gasteiger partial charge in [0.1, 0.15) is 11.2 Å². The van der Waals surface area contributed by atoms with Crippen LogP contribution in [0, 0.1) is 5.92 Å². The fourth-order valence-corrected chi connectivity index (χ4v) is 3.20. The van der Waals surface area contributed by atoms with Crippen LogP contribution in [0.25, 0.3) is 5.76 Å². The standard InChI is InChI=1S/C21H19ClO4/c1-3-25-19(23)17-13-18(14-9-11-16(22)12-10-14)26-20(24)21(17,2)15-7-5-4-6-8-15/h4-13,17H,3H2,1-2H3/t17-,21+/m1/s1. The van der Waals surface area contributed by atoms with E-state index in [1.165, 1.54) is 0 Å². The Kier molecular flexibility index (Phi) is 5.14. The first-order valence-electron chi connectivity index (χ1n) is 8.39. The molecular formula is C21H19ClO4. The Morgan fingerprint density at radius 1 is 1.15 bits per heavy atom. The lowest BCUT2D eigenvalue weighted by molar-refractivity contribution is -0.158. The summed E-state index contributed by atoms with van der Waals surface area (Å²) in [4.78, 5) is 25.7. The second-order valence-corrected chi connectivity index (χ2v) is 6.66. The van der Waals surface area contributed by atoms with Crippen LogP contribution >= 0.6 is 11.6 Å². The van der Waals surface area contributed by atoms with E-state index in [4.69, 9.17) is 21.1 Å². The van der Waals surface area contributed by atoms with Gasteiger partial charge in [-0.05, 0) is 49.8 Å². The predicted molar refractivity (Wildman–Crippen MR) is 99.4 cm³/mol. The quantitative estimate of drug-likeness (QED) is 0.750. The first-order valence-corrected chi connectivity index (χ1v) is 8.76. The average Bonchev–Trinajstić information content (AvgIpc) is 2.65. The number of rotatable bonds is 4. The van der Waals surface area contributed by atoms with Crippen LogP contribution in [0.2, 0.25) is 5.02 Å². The summed E-state index contributed by atoms with van der Waals surface area (Å²) in [6, 6.07) is 16.0. The third-order valence-corrected chi connectivity index (χ3v) is 4.86. The highest BCUT2D eigenvalue weighted by atomic mass is 35.5. The van der Waals surface area contributed by atoms with Crippen molar-refractivity contribution in [3.05, 3.63) is 76.8 Å². The van der Waals surface area contributed by atoms with Gasteiger partial charge in [0.25, 0.3) is 0 Å². The van der Waals surface area contributed by atoms with Gasteiger partial charge in [0.15, 0.2) is 0 Å². The molecule has 1 aliphatic heterocycles. The fraction of sp³-hybridized carbons (Fsp3) is 0.238. The zero-order valence-electron chi connectivity index (χ0n) is 14.6. The van der Waals surface area contributed by atoms with Gasteiger partial charge in [-0.25, -0.2) is 0 Å². The Labute approximate surface area is 157 Å². The number of carbonyl (C=O) groups excluding carboxylic acids is 2. The lowest BCUT2D eigenvalue weighted by Gasteiger charge is -2.36. The minimum absolute atomic E-state index is 0.235. The van der Waals surface area contributed by atoms with Gasteiger partial charge in [0.2, 0.25) is 0 Å². The van der Waals surface area contributed by atoms with E-state index in [9.17, 15) is 9.59 Å². The molecule has 26 heavy (non-hydrogen) atoms. The highest BCUT2D eigenvalue weighted by Crippen LogP contribution is 2.42. The molecule has 3 rings (SSSR count). The molecule has 2 aromatic rings. The Balaban J connectivity index is 2.10. The van der Waals surface area contributed by atoms with E-state index < -0.39 is 23.3 Å². The van der Waals surface area contributed by atoms with Crippen LogP contribution in [0.3, 0.4) is 0 Å². The van der Waals surface area contributed by atoms with Crippen LogP contribution in [-0.4, -0.2) is 18.5 Å². The summed E-state index contributed by atoms with van der Waals surface area (Å²) in [6.45, 7) is 3.68. The normalized spacial score (nSPS) is 22.3. The molecule has 0 saturated carbocycles. The maximum atomic E-state index is 13.0. The van der Waals surface area contributed by atoms with Gasteiger partial charge in [-0.3, -0.25) is 9.59 Å². The second-order valence-electron chi connectivity index (χ2n) is 6.23. The summed E-state index contributed by atoms with van der Waals surface area (Å²) in [5, 5.41) is 0.576. The highest BCUT2D eigenvalue weighted by Gasteiger charge is 2.51. The summed E-state index contributed by atoms with van der Waals surface area (Å²) in [6.07, 6.45) is 1.66. The van der Waals surface area contributed by atoms with Gasteiger partial charge < -0.3 is 9.47 Å². The van der Waals surface area contributed by atoms with Crippen LogP contribution < -0.4 is 0 Å². The highest BCUT2D eigenvalue weighted by molar-refractivity contribution is 6.30. The molecule has 134 valence electrons. The van der Waals surface area contributed by atoms with E-state index in [0.29, 0.717) is 21.9 Å². The number of ether oxygens (including phenoxy) is 2. The van der Waals surface area contributed by atoms with Crippen molar-refractivity contribution in [3.8, 4) is 0 Å². The number of carbonyl (C=O) groups is 2. The molecule has 0 unspecified atom stereocenters. The van der Waals surface area contributed by atoms with E-state index in [-0.39, 0.29) is 6.61 Å². The van der Waals surface area contributed by atoms with Gasteiger partial charge in [-0.1, -0.05) is 41.9 Å². The maximum absolute atomic E-state index is 13.0. The lowest BCUT2D eigenvalue weighted by atomic mass is 9.70. The first-order chi connectivity index (χ1) is 12.5. The predicted octanol–water partition coefficient (Wildman–Crippen LogP) is 4.37. The molecule has 0 spiro atoms. The topological polar surface area (TPSA) is 52.6 Å². The van der Waals surface area contributed by atoms with Crippen LogP contribution in [0.1, 0.15) is 25.0 Å². The number of hydrogen-bond acceptors (Lipinski definition) is 4. The third-order valence-electron chi connectivity index (χ3n) is 4.61. The molecule has 0 amide bonds. The molecule has 1 aliphatic rings.